The lowest BCUT2D eigenvalue weighted by Gasteiger charge is -2.37. The SMILES string of the molecule is CC(Cc1ccc(Cl)cc1Cl)C(=O)N1CCN(c2ncc(F)cc2C(O)C(C)C)CC1. The minimum absolute atomic E-state index is 0.0641. The standard InChI is InChI=1S/C23H28Cl2FN3O2/c1-14(2)21(30)19-12-18(26)13-27-22(19)28-6-8-29(9-7-28)23(31)15(3)10-16-4-5-17(24)11-20(16)25/h4-5,11-15,21,30H,6-10H2,1-3H3. The van der Waals surface area contributed by atoms with E-state index in [9.17, 15) is 14.3 Å². The van der Waals surface area contributed by atoms with Crippen LogP contribution < -0.4 is 4.90 Å². The Morgan fingerprint density at radius 1 is 1.16 bits per heavy atom. The van der Waals surface area contributed by atoms with E-state index in [1.165, 1.54) is 12.3 Å². The van der Waals surface area contributed by atoms with Crippen molar-refractivity contribution in [2.45, 2.75) is 33.3 Å². The van der Waals surface area contributed by atoms with E-state index in [0.29, 0.717) is 54.0 Å². The molecule has 1 aliphatic heterocycles. The van der Waals surface area contributed by atoms with Crippen LogP contribution in [0.5, 0.6) is 0 Å². The summed E-state index contributed by atoms with van der Waals surface area (Å²) in [5, 5.41) is 11.6. The fourth-order valence-electron chi connectivity index (χ4n) is 3.84. The van der Waals surface area contributed by atoms with E-state index in [-0.39, 0.29) is 17.7 Å². The maximum atomic E-state index is 13.8. The zero-order valence-corrected chi connectivity index (χ0v) is 19.5. The van der Waals surface area contributed by atoms with Gasteiger partial charge in [-0.2, -0.15) is 0 Å². The number of hydrogen-bond donors (Lipinski definition) is 1. The van der Waals surface area contributed by atoms with Gasteiger partial charge in [0.1, 0.15) is 11.6 Å². The topological polar surface area (TPSA) is 56.7 Å². The van der Waals surface area contributed by atoms with Crippen molar-refractivity contribution in [1.82, 2.24) is 9.88 Å². The second-order valence-electron chi connectivity index (χ2n) is 8.41. The predicted octanol–water partition coefficient (Wildman–Crippen LogP) is 4.74. The molecule has 1 N–H and O–H groups in total. The number of benzene rings is 1. The number of aliphatic hydroxyl groups is 1. The molecule has 0 aliphatic carbocycles. The molecule has 1 aromatic heterocycles. The van der Waals surface area contributed by atoms with Gasteiger partial charge in [0.25, 0.3) is 0 Å². The number of carbonyl (C=O) groups excluding carboxylic acids is 1. The molecule has 2 heterocycles. The number of amides is 1. The number of hydrogen-bond acceptors (Lipinski definition) is 4. The van der Waals surface area contributed by atoms with Crippen molar-refractivity contribution < 1.29 is 14.3 Å². The molecule has 3 rings (SSSR count). The molecular formula is C23H28Cl2FN3O2. The highest BCUT2D eigenvalue weighted by atomic mass is 35.5. The first-order valence-electron chi connectivity index (χ1n) is 10.5. The molecule has 1 aliphatic rings. The monoisotopic (exact) mass is 467 g/mol. The largest absolute Gasteiger partial charge is 0.388 e. The van der Waals surface area contributed by atoms with Gasteiger partial charge in [-0.15, -0.1) is 0 Å². The maximum absolute atomic E-state index is 13.8. The number of halogens is 3. The average molecular weight is 468 g/mol. The first kappa shape index (κ1) is 23.8. The molecule has 1 saturated heterocycles. The van der Waals surface area contributed by atoms with Crippen molar-refractivity contribution in [2.24, 2.45) is 11.8 Å². The first-order chi connectivity index (χ1) is 14.7. The van der Waals surface area contributed by atoms with Crippen LogP contribution in [0.15, 0.2) is 30.5 Å². The van der Waals surface area contributed by atoms with E-state index in [1.54, 1.807) is 12.1 Å². The highest BCUT2D eigenvalue weighted by Gasteiger charge is 2.28. The molecule has 0 bridgehead atoms. The number of aromatic nitrogens is 1. The summed E-state index contributed by atoms with van der Waals surface area (Å²) < 4.78 is 13.8. The molecule has 8 heteroatoms. The Kier molecular flexibility index (Phi) is 7.78. The second kappa shape index (κ2) is 10.2. The Labute approximate surface area is 192 Å². The lowest BCUT2D eigenvalue weighted by molar-refractivity contribution is -0.135. The number of piperazine rings is 1. The lowest BCUT2D eigenvalue weighted by atomic mass is 9.98. The van der Waals surface area contributed by atoms with Crippen molar-refractivity contribution in [1.29, 1.82) is 0 Å². The van der Waals surface area contributed by atoms with Crippen molar-refractivity contribution in [3.05, 3.63) is 57.5 Å². The number of aliphatic hydroxyl groups excluding tert-OH is 1. The molecule has 0 spiro atoms. The molecule has 168 valence electrons. The summed E-state index contributed by atoms with van der Waals surface area (Å²) >= 11 is 12.2. The van der Waals surface area contributed by atoms with Gasteiger partial charge < -0.3 is 14.9 Å². The highest BCUT2D eigenvalue weighted by molar-refractivity contribution is 6.35. The van der Waals surface area contributed by atoms with Gasteiger partial charge in [0.15, 0.2) is 0 Å². The van der Waals surface area contributed by atoms with E-state index >= 15 is 0 Å². The quantitative estimate of drug-likeness (QED) is 0.665. The Hall–Kier alpha value is -1.89. The van der Waals surface area contributed by atoms with Gasteiger partial charge in [-0.25, -0.2) is 9.37 Å². The summed E-state index contributed by atoms with van der Waals surface area (Å²) in [6, 6.07) is 6.67. The molecule has 0 radical (unpaired) electrons. The molecule has 1 fully saturated rings. The second-order valence-corrected chi connectivity index (χ2v) is 9.25. The van der Waals surface area contributed by atoms with Gasteiger partial charge in [-0.05, 0) is 36.1 Å². The summed E-state index contributed by atoms with van der Waals surface area (Å²) in [5.41, 5.74) is 1.38. The zero-order chi connectivity index (χ0) is 22.7. The number of rotatable bonds is 6. The number of nitrogens with zero attached hydrogens (tertiary/aromatic N) is 3. The summed E-state index contributed by atoms with van der Waals surface area (Å²) in [5.74, 6) is -0.101. The number of pyridine rings is 1. The Morgan fingerprint density at radius 3 is 2.45 bits per heavy atom. The Morgan fingerprint density at radius 2 is 1.84 bits per heavy atom. The van der Waals surface area contributed by atoms with Crippen LogP contribution in [0, 0.1) is 17.7 Å². The Balaban J connectivity index is 1.65. The van der Waals surface area contributed by atoms with Crippen LogP contribution in [0.3, 0.4) is 0 Å². The molecular weight excluding hydrogens is 440 g/mol. The van der Waals surface area contributed by atoms with Crippen LogP contribution in [0.1, 0.15) is 38.0 Å². The molecule has 31 heavy (non-hydrogen) atoms. The van der Waals surface area contributed by atoms with Crippen LogP contribution in [-0.4, -0.2) is 47.1 Å². The summed E-state index contributed by atoms with van der Waals surface area (Å²) in [6.07, 6.45) is 0.905. The van der Waals surface area contributed by atoms with Crippen molar-refractivity contribution in [2.75, 3.05) is 31.1 Å². The van der Waals surface area contributed by atoms with Crippen molar-refractivity contribution in [3.63, 3.8) is 0 Å². The fraction of sp³-hybridized carbons (Fsp3) is 0.478. The predicted molar refractivity (Wildman–Crippen MR) is 122 cm³/mol. The van der Waals surface area contributed by atoms with Crippen molar-refractivity contribution >= 4 is 34.9 Å². The van der Waals surface area contributed by atoms with Gasteiger partial charge >= 0.3 is 0 Å². The van der Waals surface area contributed by atoms with Crippen LogP contribution in [0.4, 0.5) is 10.2 Å². The third kappa shape index (κ3) is 5.68. The van der Waals surface area contributed by atoms with Gasteiger partial charge in [0, 0.05) is 47.7 Å². The van der Waals surface area contributed by atoms with Gasteiger partial charge in [0.2, 0.25) is 5.91 Å². The zero-order valence-electron chi connectivity index (χ0n) is 18.0. The van der Waals surface area contributed by atoms with E-state index in [0.717, 1.165) is 5.56 Å². The van der Waals surface area contributed by atoms with E-state index in [4.69, 9.17) is 23.2 Å². The van der Waals surface area contributed by atoms with Crippen LogP contribution in [0.2, 0.25) is 10.0 Å². The third-order valence-corrected chi connectivity index (χ3v) is 6.25. The van der Waals surface area contributed by atoms with E-state index in [1.807, 2.05) is 36.6 Å². The number of carbonyl (C=O) groups is 1. The molecule has 2 aromatic rings. The molecule has 1 amide bonds. The first-order valence-corrected chi connectivity index (χ1v) is 11.2. The normalized spacial score (nSPS) is 16.5. The fourth-order valence-corrected chi connectivity index (χ4v) is 4.33. The molecule has 5 nitrogen and oxygen atoms in total. The minimum atomic E-state index is -0.804. The summed E-state index contributed by atoms with van der Waals surface area (Å²) in [6.45, 7) is 7.86. The summed E-state index contributed by atoms with van der Waals surface area (Å²) in [7, 11) is 0. The highest BCUT2D eigenvalue weighted by Crippen LogP contribution is 2.30. The van der Waals surface area contributed by atoms with Gasteiger partial charge in [0.05, 0.1) is 12.3 Å². The van der Waals surface area contributed by atoms with E-state index < -0.39 is 11.9 Å². The van der Waals surface area contributed by atoms with Crippen molar-refractivity contribution in [3.8, 4) is 0 Å². The minimum Gasteiger partial charge on any atom is -0.388 e. The summed E-state index contributed by atoms with van der Waals surface area (Å²) in [4.78, 5) is 21.1. The Bertz CT molecular complexity index is 933. The molecule has 1 aromatic carbocycles. The number of anilines is 1. The maximum Gasteiger partial charge on any atom is 0.225 e. The molecule has 2 atom stereocenters. The average Bonchev–Trinajstić information content (AvgIpc) is 2.74. The van der Waals surface area contributed by atoms with Crippen LogP contribution in [-0.2, 0) is 11.2 Å². The van der Waals surface area contributed by atoms with Gasteiger partial charge in [-0.1, -0.05) is 50.0 Å². The molecule has 2 unspecified atom stereocenters. The van der Waals surface area contributed by atoms with E-state index in [2.05, 4.69) is 4.98 Å². The van der Waals surface area contributed by atoms with Crippen LogP contribution in [0.25, 0.3) is 0 Å². The lowest BCUT2D eigenvalue weighted by Crippen LogP contribution is -2.50. The van der Waals surface area contributed by atoms with Gasteiger partial charge in [-0.3, -0.25) is 4.79 Å². The third-order valence-electron chi connectivity index (χ3n) is 5.67. The molecule has 0 saturated carbocycles. The smallest absolute Gasteiger partial charge is 0.225 e. The van der Waals surface area contributed by atoms with Crippen LogP contribution >= 0.6 is 23.2 Å².